The van der Waals surface area contributed by atoms with E-state index in [2.05, 4.69) is 0 Å². The van der Waals surface area contributed by atoms with Gasteiger partial charge >= 0.3 is 0 Å². The van der Waals surface area contributed by atoms with Crippen LogP contribution in [0.4, 0.5) is 8.78 Å². The lowest BCUT2D eigenvalue weighted by Gasteiger charge is -2.02. The fourth-order valence-electron chi connectivity index (χ4n) is 1.58. The first-order chi connectivity index (χ1) is 6.77. The first-order valence-corrected chi connectivity index (χ1v) is 5.97. The Morgan fingerprint density at radius 3 is 1.64 bits per heavy atom. The van der Waals surface area contributed by atoms with Gasteiger partial charge in [-0.25, -0.2) is 4.39 Å². The van der Waals surface area contributed by atoms with Crippen molar-refractivity contribution >= 4 is 0 Å². The zero-order valence-corrected chi connectivity index (χ0v) is 9.40. The molecule has 0 fully saturated rings. The molecule has 0 N–H and O–H groups in total. The highest BCUT2D eigenvalue weighted by Gasteiger charge is 1.97. The Labute approximate surface area is 87.1 Å². The normalized spacial score (nSPS) is 13.1. The van der Waals surface area contributed by atoms with Crippen molar-refractivity contribution < 1.29 is 8.78 Å². The molecule has 0 aliphatic carbocycles. The molecule has 1 unspecified atom stereocenters. The standard InChI is InChI=1S/C12H24F2/c1-12(14)10-8-6-4-2-3-5-7-9-11-13/h12H,2-11H2,1H3. The van der Waals surface area contributed by atoms with Crippen molar-refractivity contribution in [3.63, 3.8) is 0 Å². The van der Waals surface area contributed by atoms with Gasteiger partial charge in [0.1, 0.15) is 0 Å². The highest BCUT2D eigenvalue weighted by Crippen LogP contribution is 2.11. The molecule has 0 saturated heterocycles. The van der Waals surface area contributed by atoms with Crippen LogP contribution in [0.1, 0.15) is 64.7 Å². The van der Waals surface area contributed by atoms with Crippen LogP contribution in [0.25, 0.3) is 0 Å². The number of halogens is 2. The van der Waals surface area contributed by atoms with Crippen molar-refractivity contribution in [2.24, 2.45) is 0 Å². The van der Waals surface area contributed by atoms with E-state index in [9.17, 15) is 8.78 Å². The van der Waals surface area contributed by atoms with Gasteiger partial charge in [-0.15, -0.1) is 0 Å². The molecule has 2 heteroatoms. The van der Waals surface area contributed by atoms with Gasteiger partial charge in [0.25, 0.3) is 0 Å². The first kappa shape index (κ1) is 13.9. The molecular weight excluding hydrogens is 182 g/mol. The van der Waals surface area contributed by atoms with Gasteiger partial charge in [-0.1, -0.05) is 44.9 Å². The molecule has 0 radical (unpaired) electrons. The molecule has 0 aliphatic rings. The Morgan fingerprint density at radius 2 is 1.21 bits per heavy atom. The lowest BCUT2D eigenvalue weighted by Crippen LogP contribution is -1.91. The first-order valence-electron chi connectivity index (χ1n) is 5.97. The average molecular weight is 206 g/mol. The van der Waals surface area contributed by atoms with Crippen molar-refractivity contribution in [1.29, 1.82) is 0 Å². The number of rotatable bonds is 10. The van der Waals surface area contributed by atoms with Crippen LogP contribution in [0, 0.1) is 0 Å². The third kappa shape index (κ3) is 11.9. The molecule has 14 heavy (non-hydrogen) atoms. The Morgan fingerprint density at radius 1 is 0.786 bits per heavy atom. The van der Waals surface area contributed by atoms with Crippen LogP contribution in [0.15, 0.2) is 0 Å². The fourth-order valence-corrected chi connectivity index (χ4v) is 1.58. The molecule has 0 spiro atoms. The van der Waals surface area contributed by atoms with Gasteiger partial charge in [-0.05, 0) is 19.8 Å². The minimum absolute atomic E-state index is 0.172. The zero-order chi connectivity index (χ0) is 10.6. The summed E-state index contributed by atoms with van der Waals surface area (Å²) in [5.41, 5.74) is 0. The maximum Gasteiger partial charge on any atom is 0.0973 e. The fraction of sp³-hybridized carbons (Fsp3) is 1.00. The van der Waals surface area contributed by atoms with Crippen LogP contribution in [0.2, 0.25) is 0 Å². The zero-order valence-electron chi connectivity index (χ0n) is 9.40. The van der Waals surface area contributed by atoms with E-state index in [1.54, 1.807) is 6.92 Å². The largest absolute Gasteiger partial charge is 0.251 e. The monoisotopic (exact) mass is 206 g/mol. The Bertz CT molecular complexity index is 102. The van der Waals surface area contributed by atoms with E-state index >= 15 is 0 Å². The van der Waals surface area contributed by atoms with E-state index in [-0.39, 0.29) is 6.67 Å². The van der Waals surface area contributed by atoms with E-state index in [1.165, 1.54) is 19.3 Å². The van der Waals surface area contributed by atoms with Crippen molar-refractivity contribution in [2.75, 3.05) is 6.67 Å². The molecule has 0 aromatic heterocycles. The summed E-state index contributed by atoms with van der Waals surface area (Å²) in [5, 5.41) is 0. The number of unbranched alkanes of at least 4 members (excludes halogenated alkanes) is 7. The van der Waals surface area contributed by atoms with E-state index in [0.29, 0.717) is 6.42 Å². The molecule has 0 rings (SSSR count). The van der Waals surface area contributed by atoms with Crippen LogP contribution in [0.3, 0.4) is 0 Å². The van der Waals surface area contributed by atoms with Crippen LogP contribution in [-0.4, -0.2) is 12.8 Å². The second-order valence-corrected chi connectivity index (χ2v) is 4.09. The lowest BCUT2D eigenvalue weighted by atomic mass is 10.1. The summed E-state index contributed by atoms with van der Waals surface area (Å²) in [6.07, 6.45) is 8.79. The quantitative estimate of drug-likeness (QED) is 0.449. The molecule has 0 bridgehead atoms. The van der Waals surface area contributed by atoms with Gasteiger partial charge in [0.05, 0.1) is 12.8 Å². The highest BCUT2D eigenvalue weighted by atomic mass is 19.1. The summed E-state index contributed by atoms with van der Waals surface area (Å²) < 4.78 is 24.1. The maximum atomic E-state index is 12.4. The summed E-state index contributed by atoms with van der Waals surface area (Å²) >= 11 is 0. The van der Waals surface area contributed by atoms with Gasteiger partial charge in [-0.2, -0.15) is 0 Å². The minimum atomic E-state index is -0.639. The predicted octanol–water partition coefficient (Wildman–Crippen LogP) is 4.82. The molecule has 0 aromatic carbocycles. The van der Waals surface area contributed by atoms with Gasteiger partial charge in [0.15, 0.2) is 0 Å². The van der Waals surface area contributed by atoms with Gasteiger partial charge < -0.3 is 0 Å². The molecule has 0 saturated carbocycles. The number of hydrogen-bond acceptors (Lipinski definition) is 0. The summed E-state index contributed by atoms with van der Waals surface area (Å²) in [7, 11) is 0. The molecule has 0 aromatic rings. The maximum absolute atomic E-state index is 12.4. The van der Waals surface area contributed by atoms with Gasteiger partial charge in [0.2, 0.25) is 0 Å². The molecule has 0 nitrogen and oxygen atoms in total. The highest BCUT2D eigenvalue weighted by molar-refractivity contribution is 4.50. The molecule has 0 amide bonds. The Balaban J connectivity index is 2.85. The minimum Gasteiger partial charge on any atom is -0.251 e. The number of alkyl halides is 2. The van der Waals surface area contributed by atoms with Gasteiger partial charge in [-0.3, -0.25) is 4.39 Å². The SMILES string of the molecule is CC(F)CCCCCCCCCCF. The second-order valence-electron chi connectivity index (χ2n) is 4.09. The Hall–Kier alpha value is -0.140. The average Bonchev–Trinajstić information content (AvgIpc) is 2.15. The Kier molecular flexibility index (Phi) is 10.8. The van der Waals surface area contributed by atoms with Crippen molar-refractivity contribution in [2.45, 2.75) is 70.9 Å². The summed E-state index contributed by atoms with van der Waals surface area (Å²) in [5.74, 6) is 0. The van der Waals surface area contributed by atoms with Gasteiger partial charge in [0, 0.05) is 0 Å². The second kappa shape index (κ2) is 10.9. The van der Waals surface area contributed by atoms with Crippen LogP contribution in [-0.2, 0) is 0 Å². The van der Waals surface area contributed by atoms with Crippen molar-refractivity contribution in [3.05, 3.63) is 0 Å². The molecule has 86 valence electrons. The van der Waals surface area contributed by atoms with Crippen LogP contribution < -0.4 is 0 Å². The summed E-state index contributed by atoms with van der Waals surface area (Å²) in [6, 6.07) is 0. The van der Waals surface area contributed by atoms with E-state index in [4.69, 9.17) is 0 Å². The summed E-state index contributed by atoms with van der Waals surface area (Å²) in [6.45, 7) is 1.45. The van der Waals surface area contributed by atoms with Crippen molar-refractivity contribution in [3.8, 4) is 0 Å². The van der Waals surface area contributed by atoms with Crippen molar-refractivity contribution in [1.82, 2.24) is 0 Å². The molecule has 0 aliphatic heterocycles. The smallest absolute Gasteiger partial charge is 0.0973 e. The number of hydrogen-bond donors (Lipinski definition) is 0. The molecular formula is C12H24F2. The lowest BCUT2D eigenvalue weighted by molar-refractivity contribution is 0.329. The topological polar surface area (TPSA) is 0 Å². The van der Waals surface area contributed by atoms with E-state index < -0.39 is 6.17 Å². The van der Waals surface area contributed by atoms with E-state index in [0.717, 1.165) is 32.1 Å². The third-order valence-corrected chi connectivity index (χ3v) is 2.49. The van der Waals surface area contributed by atoms with Crippen LogP contribution in [0.5, 0.6) is 0 Å². The third-order valence-electron chi connectivity index (χ3n) is 2.49. The molecule has 0 heterocycles. The van der Waals surface area contributed by atoms with Crippen LogP contribution >= 0.6 is 0 Å². The molecule has 1 atom stereocenters. The predicted molar refractivity (Wildman–Crippen MR) is 58.1 cm³/mol. The van der Waals surface area contributed by atoms with E-state index in [1.807, 2.05) is 0 Å². The summed E-state index contributed by atoms with van der Waals surface area (Å²) in [4.78, 5) is 0.